The molecule has 1 aromatic heterocycles. The first-order valence-electron chi connectivity index (χ1n) is 6.53. The Kier molecular flexibility index (Phi) is 5.19. The highest BCUT2D eigenvalue weighted by atomic mass is 35.5. The second kappa shape index (κ2) is 7.11. The monoisotopic (exact) mass is 322 g/mol. The molecular weight excluding hydrogens is 308 g/mol. The molecule has 116 valence electrons. The molecule has 0 saturated carbocycles. The molecule has 0 bridgehead atoms. The molecule has 0 spiro atoms. The lowest BCUT2D eigenvalue weighted by Crippen LogP contribution is -2.38. The Hall–Kier alpha value is -2.31. The van der Waals surface area contributed by atoms with E-state index in [1.807, 2.05) is 6.92 Å². The topological polar surface area (TPSA) is 91.6 Å². The van der Waals surface area contributed by atoms with E-state index in [0.29, 0.717) is 16.5 Å². The van der Waals surface area contributed by atoms with E-state index in [2.05, 4.69) is 10.6 Å². The lowest BCUT2D eigenvalue weighted by Gasteiger charge is -2.13. The predicted molar refractivity (Wildman–Crippen MR) is 81.5 cm³/mol. The minimum Gasteiger partial charge on any atom is -0.467 e. The Bertz CT molecular complexity index is 670. The van der Waals surface area contributed by atoms with Crippen molar-refractivity contribution >= 4 is 29.1 Å². The number of aliphatic hydroxyl groups is 1. The number of carbonyl (C=O) groups excluding carboxylic acids is 2. The zero-order chi connectivity index (χ0) is 16.1. The van der Waals surface area contributed by atoms with Crippen LogP contribution in [-0.4, -0.2) is 23.5 Å². The third-order valence-electron chi connectivity index (χ3n) is 3.01. The number of aliphatic hydroxyl groups excluding tert-OH is 1. The molecule has 0 saturated heterocycles. The zero-order valence-electron chi connectivity index (χ0n) is 11.8. The van der Waals surface area contributed by atoms with Crippen LogP contribution in [0.5, 0.6) is 0 Å². The second-order valence-corrected chi connectivity index (χ2v) is 5.05. The van der Waals surface area contributed by atoms with Gasteiger partial charge in [0, 0.05) is 10.7 Å². The van der Waals surface area contributed by atoms with Gasteiger partial charge in [0.05, 0.1) is 12.9 Å². The number of amides is 2. The molecule has 0 radical (unpaired) electrons. The van der Waals surface area contributed by atoms with Crippen molar-refractivity contribution in [2.45, 2.75) is 13.0 Å². The summed E-state index contributed by atoms with van der Waals surface area (Å²) in [5, 5.41) is 14.6. The molecule has 2 amide bonds. The highest BCUT2D eigenvalue weighted by molar-refractivity contribution is 6.40. The molecule has 0 aliphatic heterocycles. The fourth-order valence-corrected chi connectivity index (χ4v) is 1.96. The SMILES string of the molecule is Cc1ccc(NC(=O)C(=O)NC(CO)c2ccco2)cc1Cl. The van der Waals surface area contributed by atoms with Gasteiger partial charge in [0.25, 0.3) is 0 Å². The van der Waals surface area contributed by atoms with Crippen molar-refractivity contribution < 1.29 is 19.1 Å². The van der Waals surface area contributed by atoms with Gasteiger partial charge < -0.3 is 20.2 Å². The van der Waals surface area contributed by atoms with Gasteiger partial charge in [-0.3, -0.25) is 9.59 Å². The first-order chi connectivity index (χ1) is 10.5. The molecule has 0 aliphatic rings. The van der Waals surface area contributed by atoms with E-state index in [4.69, 9.17) is 16.0 Å². The summed E-state index contributed by atoms with van der Waals surface area (Å²) < 4.78 is 5.09. The maximum atomic E-state index is 11.9. The molecule has 0 fully saturated rings. The number of aryl methyl sites for hydroxylation is 1. The van der Waals surface area contributed by atoms with Crippen molar-refractivity contribution in [3.63, 3.8) is 0 Å². The molecule has 1 heterocycles. The number of rotatable bonds is 4. The van der Waals surface area contributed by atoms with E-state index in [-0.39, 0.29) is 6.61 Å². The molecule has 3 N–H and O–H groups in total. The van der Waals surface area contributed by atoms with Crippen LogP contribution < -0.4 is 10.6 Å². The van der Waals surface area contributed by atoms with Gasteiger partial charge in [-0.05, 0) is 36.8 Å². The van der Waals surface area contributed by atoms with Crippen molar-refractivity contribution in [2.75, 3.05) is 11.9 Å². The predicted octanol–water partition coefficient (Wildman–Crippen LogP) is 2.03. The molecule has 2 rings (SSSR count). The maximum Gasteiger partial charge on any atom is 0.313 e. The largest absolute Gasteiger partial charge is 0.467 e. The fraction of sp³-hybridized carbons (Fsp3) is 0.200. The summed E-state index contributed by atoms with van der Waals surface area (Å²) in [7, 11) is 0. The molecular formula is C15H15ClN2O4. The second-order valence-electron chi connectivity index (χ2n) is 4.64. The number of hydrogen-bond donors (Lipinski definition) is 3. The quantitative estimate of drug-likeness (QED) is 0.751. The molecule has 1 unspecified atom stereocenters. The van der Waals surface area contributed by atoms with Crippen molar-refractivity contribution in [2.24, 2.45) is 0 Å². The van der Waals surface area contributed by atoms with E-state index >= 15 is 0 Å². The number of halogens is 1. The fourth-order valence-electron chi connectivity index (χ4n) is 1.78. The minimum absolute atomic E-state index is 0.363. The number of furan rings is 1. The summed E-state index contributed by atoms with van der Waals surface area (Å²) >= 11 is 5.95. The molecule has 6 nitrogen and oxygen atoms in total. The van der Waals surface area contributed by atoms with Crippen LogP contribution in [0.25, 0.3) is 0 Å². The van der Waals surface area contributed by atoms with Crippen molar-refractivity contribution in [1.29, 1.82) is 0 Å². The summed E-state index contributed by atoms with van der Waals surface area (Å²) in [6, 6.07) is 7.36. The van der Waals surface area contributed by atoms with E-state index in [9.17, 15) is 14.7 Å². The highest BCUT2D eigenvalue weighted by Gasteiger charge is 2.21. The smallest absolute Gasteiger partial charge is 0.313 e. The lowest BCUT2D eigenvalue weighted by molar-refractivity contribution is -0.136. The number of hydrogen-bond acceptors (Lipinski definition) is 4. The van der Waals surface area contributed by atoms with E-state index in [1.165, 1.54) is 6.26 Å². The summed E-state index contributed by atoms with van der Waals surface area (Å²) in [6.45, 7) is 1.44. The zero-order valence-corrected chi connectivity index (χ0v) is 12.6. The maximum absolute atomic E-state index is 11.9. The van der Waals surface area contributed by atoms with Gasteiger partial charge in [-0.25, -0.2) is 0 Å². The summed E-state index contributed by atoms with van der Waals surface area (Å²) in [6.07, 6.45) is 1.42. The Balaban J connectivity index is 1.99. The average molecular weight is 323 g/mol. The molecule has 7 heteroatoms. The van der Waals surface area contributed by atoms with Gasteiger partial charge in [0.1, 0.15) is 11.8 Å². The van der Waals surface area contributed by atoms with Crippen LogP contribution in [0.1, 0.15) is 17.4 Å². The molecule has 22 heavy (non-hydrogen) atoms. The van der Waals surface area contributed by atoms with Crippen LogP contribution >= 0.6 is 11.6 Å². The third kappa shape index (κ3) is 3.87. The Morgan fingerprint density at radius 1 is 1.32 bits per heavy atom. The van der Waals surface area contributed by atoms with Crippen molar-refractivity contribution in [3.8, 4) is 0 Å². The first-order valence-corrected chi connectivity index (χ1v) is 6.91. The molecule has 0 aliphatic carbocycles. The Labute approximate surface area is 132 Å². The van der Waals surface area contributed by atoms with Gasteiger partial charge in [-0.1, -0.05) is 17.7 Å². The van der Waals surface area contributed by atoms with E-state index < -0.39 is 17.9 Å². The number of benzene rings is 1. The van der Waals surface area contributed by atoms with Crippen LogP contribution in [-0.2, 0) is 9.59 Å². The highest BCUT2D eigenvalue weighted by Crippen LogP contribution is 2.20. The molecule has 1 aromatic carbocycles. The van der Waals surface area contributed by atoms with Gasteiger partial charge >= 0.3 is 11.8 Å². The Morgan fingerprint density at radius 3 is 2.68 bits per heavy atom. The van der Waals surface area contributed by atoms with Gasteiger partial charge in [0.2, 0.25) is 0 Å². The normalized spacial score (nSPS) is 11.8. The van der Waals surface area contributed by atoms with Crippen LogP contribution in [0.4, 0.5) is 5.69 Å². The number of nitrogens with one attached hydrogen (secondary N) is 2. The van der Waals surface area contributed by atoms with Crippen LogP contribution in [0.3, 0.4) is 0 Å². The van der Waals surface area contributed by atoms with Gasteiger partial charge in [-0.15, -0.1) is 0 Å². The van der Waals surface area contributed by atoms with Crippen LogP contribution in [0.15, 0.2) is 41.0 Å². The lowest BCUT2D eigenvalue weighted by atomic mass is 10.2. The average Bonchev–Trinajstić information content (AvgIpc) is 3.02. The van der Waals surface area contributed by atoms with Crippen molar-refractivity contribution in [1.82, 2.24) is 5.32 Å². The standard InChI is InChI=1S/C15H15ClN2O4/c1-9-4-5-10(7-11(9)16)17-14(20)15(21)18-12(8-19)13-3-2-6-22-13/h2-7,12,19H,8H2,1H3,(H,17,20)(H,18,21). The number of carbonyl (C=O) groups is 2. The van der Waals surface area contributed by atoms with E-state index in [1.54, 1.807) is 30.3 Å². The van der Waals surface area contributed by atoms with Gasteiger partial charge in [0.15, 0.2) is 0 Å². The minimum atomic E-state index is -0.882. The third-order valence-corrected chi connectivity index (χ3v) is 3.42. The molecule has 1 atom stereocenters. The van der Waals surface area contributed by atoms with Crippen LogP contribution in [0, 0.1) is 6.92 Å². The first kappa shape index (κ1) is 16.1. The summed E-state index contributed by atoms with van der Waals surface area (Å²) in [5.41, 5.74) is 1.27. The van der Waals surface area contributed by atoms with Crippen molar-refractivity contribution in [3.05, 3.63) is 52.9 Å². The Morgan fingerprint density at radius 2 is 2.09 bits per heavy atom. The molecule has 2 aromatic rings. The van der Waals surface area contributed by atoms with Gasteiger partial charge in [-0.2, -0.15) is 0 Å². The van der Waals surface area contributed by atoms with Crippen LogP contribution in [0.2, 0.25) is 5.02 Å². The summed E-state index contributed by atoms with van der Waals surface area (Å²) in [5.74, 6) is -1.38. The number of anilines is 1. The van der Waals surface area contributed by atoms with E-state index in [0.717, 1.165) is 5.56 Å². The summed E-state index contributed by atoms with van der Waals surface area (Å²) in [4.78, 5) is 23.7.